The van der Waals surface area contributed by atoms with Crippen molar-refractivity contribution in [2.24, 2.45) is 5.73 Å². The lowest BCUT2D eigenvalue weighted by atomic mass is 10.1. The van der Waals surface area contributed by atoms with Crippen LogP contribution in [0.4, 0.5) is 13.2 Å². The molecule has 0 saturated carbocycles. The number of aromatic nitrogens is 1. The van der Waals surface area contributed by atoms with Crippen LogP contribution >= 0.6 is 0 Å². The molecule has 3 N–H and O–H groups in total. The molecule has 1 aromatic heterocycles. The van der Waals surface area contributed by atoms with Crippen LogP contribution in [0.25, 0.3) is 11.3 Å². The van der Waals surface area contributed by atoms with Gasteiger partial charge < -0.3 is 15.8 Å². The Bertz CT molecular complexity index is 1100. The Morgan fingerprint density at radius 3 is 2.33 bits per heavy atom. The highest BCUT2D eigenvalue weighted by Gasteiger charge is 2.32. The summed E-state index contributed by atoms with van der Waals surface area (Å²) in [6, 6.07) is 14.0. The Balaban J connectivity index is 1.89. The van der Waals surface area contributed by atoms with Gasteiger partial charge in [-0.1, -0.05) is 6.07 Å². The molecule has 6 nitrogen and oxygen atoms in total. The zero-order chi connectivity index (χ0) is 21.9. The van der Waals surface area contributed by atoms with Crippen LogP contribution in [0.15, 0.2) is 60.7 Å². The molecule has 0 fully saturated rings. The minimum atomic E-state index is -4.59. The molecule has 0 unspecified atom stereocenters. The fourth-order valence-electron chi connectivity index (χ4n) is 2.66. The number of carbonyl (C=O) groups excluding carboxylic acids is 2. The van der Waals surface area contributed by atoms with Crippen molar-refractivity contribution >= 4 is 11.8 Å². The van der Waals surface area contributed by atoms with E-state index in [-0.39, 0.29) is 17.0 Å². The van der Waals surface area contributed by atoms with E-state index in [1.54, 1.807) is 36.4 Å². The number of nitrogens with zero attached hydrogens (tertiary/aromatic N) is 1. The highest BCUT2D eigenvalue weighted by atomic mass is 19.4. The summed E-state index contributed by atoms with van der Waals surface area (Å²) < 4.78 is 44.5. The second kappa shape index (κ2) is 8.24. The Kier molecular flexibility index (Phi) is 5.72. The number of hydrogen-bond acceptors (Lipinski definition) is 4. The predicted molar refractivity (Wildman–Crippen MR) is 103 cm³/mol. The summed E-state index contributed by atoms with van der Waals surface area (Å²) in [5.74, 6) is -1.08. The van der Waals surface area contributed by atoms with E-state index in [4.69, 9.17) is 10.5 Å². The number of pyridine rings is 1. The van der Waals surface area contributed by atoms with Crippen molar-refractivity contribution in [2.75, 3.05) is 7.05 Å². The number of nitrogens with two attached hydrogens (primary N) is 1. The summed E-state index contributed by atoms with van der Waals surface area (Å²) in [4.78, 5) is 27.5. The van der Waals surface area contributed by atoms with Crippen molar-refractivity contribution in [1.82, 2.24) is 10.3 Å². The van der Waals surface area contributed by atoms with Crippen molar-refractivity contribution < 1.29 is 27.5 Å². The van der Waals surface area contributed by atoms with Gasteiger partial charge in [-0.15, -0.1) is 0 Å². The van der Waals surface area contributed by atoms with Gasteiger partial charge in [-0.2, -0.15) is 13.2 Å². The normalized spacial score (nSPS) is 11.1. The van der Waals surface area contributed by atoms with E-state index in [2.05, 4.69) is 10.3 Å². The lowest BCUT2D eigenvalue weighted by molar-refractivity contribution is -0.137. The summed E-state index contributed by atoms with van der Waals surface area (Å²) in [5.41, 5.74) is 5.34. The first-order valence-electron chi connectivity index (χ1n) is 8.67. The van der Waals surface area contributed by atoms with Gasteiger partial charge in [0.2, 0.25) is 0 Å². The molecule has 0 saturated heterocycles. The maximum atomic E-state index is 13.0. The minimum Gasteiger partial charge on any atom is -0.457 e. The average Bonchev–Trinajstić information content (AvgIpc) is 2.73. The number of amides is 2. The van der Waals surface area contributed by atoms with Crippen LogP contribution in [0.2, 0.25) is 0 Å². The summed E-state index contributed by atoms with van der Waals surface area (Å²) in [5, 5.41) is 2.30. The smallest absolute Gasteiger partial charge is 0.416 e. The third kappa shape index (κ3) is 4.57. The van der Waals surface area contributed by atoms with Gasteiger partial charge >= 0.3 is 6.18 Å². The molecule has 0 bridgehead atoms. The molecule has 2 aromatic carbocycles. The largest absolute Gasteiger partial charge is 0.457 e. The van der Waals surface area contributed by atoms with E-state index in [0.717, 1.165) is 18.2 Å². The van der Waals surface area contributed by atoms with E-state index in [1.165, 1.54) is 13.1 Å². The molecule has 2 amide bonds. The van der Waals surface area contributed by atoms with Crippen molar-refractivity contribution in [3.63, 3.8) is 0 Å². The maximum Gasteiger partial charge on any atom is 0.416 e. The van der Waals surface area contributed by atoms with Gasteiger partial charge in [0.15, 0.2) is 0 Å². The fraction of sp³-hybridized carbons (Fsp3) is 0.0952. The van der Waals surface area contributed by atoms with Crippen LogP contribution in [0, 0.1) is 0 Å². The SMILES string of the molecule is CNC(=O)c1cc(C(F)(F)F)ccc1Oc1ccc(-c2cccc(C(N)=O)n2)cc1. The molecule has 154 valence electrons. The number of benzene rings is 2. The third-order valence-electron chi connectivity index (χ3n) is 4.16. The maximum absolute atomic E-state index is 13.0. The molecule has 3 rings (SSSR count). The van der Waals surface area contributed by atoms with Gasteiger partial charge in [0.05, 0.1) is 16.8 Å². The van der Waals surface area contributed by atoms with Gasteiger partial charge in [0, 0.05) is 12.6 Å². The quantitative estimate of drug-likeness (QED) is 0.658. The van der Waals surface area contributed by atoms with Gasteiger partial charge in [0.1, 0.15) is 17.2 Å². The van der Waals surface area contributed by atoms with Gasteiger partial charge in [0.25, 0.3) is 11.8 Å². The van der Waals surface area contributed by atoms with Crippen LogP contribution < -0.4 is 15.8 Å². The molecule has 3 aromatic rings. The average molecular weight is 415 g/mol. The number of primary amides is 1. The third-order valence-corrected chi connectivity index (χ3v) is 4.16. The first-order chi connectivity index (χ1) is 14.2. The summed E-state index contributed by atoms with van der Waals surface area (Å²) >= 11 is 0. The standard InChI is InChI=1S/C21H16F3N3O3/c1-26-20(29)15-11-13(21(22,23)24)7-10-18(15)30-14-8-5-12(6-9-14)16-3-2-4-17(27-16)19(25)28/h2-11H,1H3,(H2,25,28)(H,26,29). The molecule has 0 spiro atoms. The monoisotopic (exact) mass is 415 g/mol. The van der Waals surface area contributed by atoms with Crippen LogP contribution in [0.1, 0.15) is 26.4 Å². The van der Waals surface area contributed by atoms with Crippen LogP contribution in [0.3, 0.4) is 0 Å². The summed E-state index contributed by atoms with van der Waals surface area (Å²) in [6.45, 7) is 0. The molecular weight excluding hydrogens is 399 g/mol. The number of halogens is 3. The second-order valence-corrected chi connectivity index (χ2v) is 6.19. The Labute approximate surface area is 169 Å². The highest BCUT2D eigenvalue weighted by molar-refractivity contribution is 5.97. The van der Waals surface area contributed by atoms with E-state index >= 15 is 0 Å². The van der Waals surface area contributed by atoms with E-state index < -0.39 is 23.6 Å². The van der Waals surface area contributed by atoms with Crippen LogP contribution in [0.5, 0.6) is 11.5 Å². The topological polar surface area (TPSA) is 94.3 Å². The van der Waals surface area contributed by atoms with Gasteiger partial charge in [-0.25, -0.2) is 4.98 Å². The molecule has 30 heavy (non-hydrogen) atoms. The van der Waals surface area contributed by atoms with Crippen molar-refractivity contribution in [2.45, 2.75) is 6.18 Å². The Morgan fingerprint density at radius 1 is 1.03 bits per heavy atom. The number of alkyl halides is 3. The second-order valence-electron chi connectivity index (χ2n) is 6.19. The Morgan fingerprint density at radius 2 is 1.73 bits per heavy atom. The fourth-order valence-corrected chi connectivity index (χ4v) is 2.66. The zero-order valence-corrected chi connectivity index (χ0v) is 15.7. The molecule has 9 heteroatoms. The molecule has 0 radical (unpaired) electrons. The van der Waals surface area contributed by atoms with E-state index in [9.17, 15) is 22.8 Å². The van der Waals surface area contributed by atoms with Gasteiger partial charge in [-0.05, 0) is 54.6 Å². The molecular formula is C21H16F3N3O3. The summed E-state index contributed by atoms with van der Waals surface area (Å²) in [7, 11) is 1.31. The molecule has 1 heterocycles. The Hall–Kier alpha value is -3.88. The van der Waals surface area contributed by atoms with Crippen LogP contribution in [-0.2, 0) is 6.18 Å². The first-order valence-corrected chi connectivity index (χ1v) is 8.67. The number of ether oxygens (including phenoxy) is 1. The highest BCUT2D eigenvalue weighted by Crippen LogP contribution is 2.34. The molecule has 0 aliphatic rings. The van der Waals surface area contributed by atoms with E-state index in [0.29, 0.717) is 17.0 Å². The molecule has 0 aliphatic heterocycles. The van der Waals surface area contributed by atoms with E-state index in [1.807, 2.05) is 0 Å². The van der Waals surface area contributed by atoms with Crippen molar-refractivity contribution in [1.29, 1.82) is 0 Å². The number of rotatable bonds is 5. The van der Waals surface area contributed by atoms with Gasteiger partial charge in [-0.3, -0.25) is 9.59 Å². The lowest BCUT2D eigenvalue weighted by Crippen LogP contribution is -2.19. The van der Waals surface area contributed by atoms with Crippen molar-refractivity contribution in [3.8, 4) is 22.8 Å². The minimum absolute atomic E-state index is 0.0241. The number of nitrogens with one attached hydrogen (secondary N) is 1. The number of carbonyl (C=O) groups is 2. The predicted octanol–water partition coefficient (Wildman–Crippen LogP) is 4.02. The summed E-state index contributed by atoms with van der Waals surface area (Å²) in [6.07, 6.45) is -4.59. The number of hydrogen-bond donors (Lipinski definition) is 2. The lowest BCUT2D eigenvalue weighted by Gasteiger charge is -2.14. The molecule has 0 aliphatic carbocycles. The van der Waals surface area contributed by atoms with Crippen molar-refractivity contribution in [3.05, 3.63) is 77.5 Å². The van der Waals surface area contributed by atoms with Crippen LogP contribution in [-0.4, -0.2) is 23.8 Å². The molecule has 0 atom stereocenters. The first kappa shape index (κ1) is 20.8. The zero-order valence-electron chi connectivity index (χ0n) is 15.7.